The monoisotopic (exact) mass is 547 g/mol. The van der Waals surface area contributed by atoms with Crippen LogP contribution in [0.5, 0.6) is 5.75 Å². The molecule has 1 fully saturated rings. The van der Waals surface area contributed by atoms with Crippen LogP contribution in [0.1, 0.15) is 36.5 Å². The third-order valence-corrected chi connectivity index (χ3v) is 6.48. The number of halogens is 6. The minimum atomic E-state index is -5.46. The van der Waals surface area contributed by atoms with Crippen LogP contribution in [0.4, 0.5) is 26.3 Å². The first-order valence-electron chi connectivity index (χ1n) is 11.2. The van der Waals surface area contributed by atoms with Crippen molar-refractivity contribution in [3.05, 3.63) is 59.7 Å². The number of ether oxygens (including phenoxy) is 2. The maximum absolute atomic E-state index is 14.2. The van der Waals surface area contributed by atoms with E-state index in [1.54, 1.807) is 6.92 Å². The average Bonchev–Trinajstić information content (AvgIpc) is 2.83. The molecule has 0 saturated carbocycles. The van der Waals surface area contributed by atoms with Gasteiger partial charge in [-0.05, 0) is 30.2 Å². The number of carbonyl (C=O) groups excluding carboxylic acids is 2. The molecule has 0 spiro atoms. The van der Waals surface area contributed by atoms with E-state index < -0.39 is 51.4 Å². The molecule has 0 bridgehead atoms. The number of esters is 1. The standard InChI is InChI=1S/C25H23F6NO4S/c1-3-6-20(33)36-17-7-4-5-8-18(17)37-19-10-9-16(15(2)23(34)32-11-13-35-14-12-32)21(24(26,27)28)22(19)25(29,30)31/h4-5,7-10H,2-3,6,11-14H2,1H3. The van der Waals surface area contributed by atoms with E-state index in [2.05, 4.69) is 6.58 Å². The Morgan fingerprint density at radius 1 is 0.973 bits per heavy atom. The smallest absolute Gasteiger partial charge is 0.418 e. The van der Waals surface area contributed by atoms with Gasteiger partial charge in [0.25, 0.3) is 5.91 Å². The summed E-state index contributed by atoms with van der Waals surface area (Å²) in [6.07, 6.45) is -10.4. The highest BCUT2D eigenvalue weighted by Gasteiger charge is 2.47. The van der Waals surface area contributed by atoms with Gasteiger partial charge in [-0.15, -0.1) is 0 Å². The summed E-state index contributed by atoms with van der Waals surface area (Å²) in [5.41, 5.74) is -5.61. The van der Waals surface area contributed by atoms with Crippen LogP contribution in [0.2, 0.25) is 0 Å². The third-order valence-electron chi connectivity index (χ3n) is 5.36. The van der Waals surface area contributed by atoms with E-state index in [-0.39, 0.29) is 43.4 Å². The van der Waals surface area contributed by atoms with Crippen LogP contribution in [0.25, 0.3) is 5.57 Å². The van der Waals surface area contributed by atoms with Crippen molar-refractivity contribution in [2.75, 3.05) is 26.3 Å². The van der Waals surface area contributed by atoms with Crippen molar-refractivity contribution in [2.45, 2.75) is 41.9 Å². The molecule has 1 saturated heterocycles. The number of hydrogen-bond donors (Lipinski definition) is 0. The molecule has 200 valence electrons. The topological polar surface area (TPSA) is 55.8 Å². The number of benzene rings is 2. The average molecular weight is 548 g/mol. The van der Waals surface area contributed by atoms with Gasteiger partial charge in [-0.2, -0.15) is 26.3 Å². The van der Waals surface area contributed by atoms with E-state index in [1.165, 1.54) is 29.2 Å². The molecule has 1 aliphatic rings. The third kappa shape index (κ3) is 6.86. The fourth-order valence-electron chi connectivity index (χ4n) is 3.68. The molecule has 1 aliphatic heterocycles. The summed E-state index contributed by atoms with van der Waals surface area (Å²) < 4.78 is 95.5. The van der Waals surface area contributed by atoms with E-state index in [4.69, 9.17) is 9.47 Å². The zero-order chi connectivity index (χ0) is 27.4. The lowest BCUT2D eigenvalue weighted by atomic mass is 9.94. The fraction of sp³-hybridized carbons (Fsp3) is 0.360. The van der Waals surface area contributed by atoms with Gasteiger partial charge in [0, 0.05) is 30.0 Å². The molecular formula is C25H23F6NO4S. The van der Waals surface area contributed by atoms with E-state index in [0.29, 0.717) is 18.2 Å². The lowest BCUT2D eigenvalue weighted by molar-refractivity contribution is -0.163. The van der Waals surface area contributed by atoms with Gasteiger partial charge < -0.3 is 14.4 Å². The highest BCUT2D eigenvalue weighted by Crippen LogP contribution is 2.50. The van der Waals surface area contributed by atoms with Gasteiger partial charge in [0.05, 0.1) is 29.2 Å². The zero-order valence-corrected chi connectivity index (χ0v) is 20.5. The lowest BCUT2D eigenvalue weighted by Crippen LogP contribution is -2.41. The van der Waals surface area contributed by atoms with Crippen LogP contribution in [0.3, 0.4) is 0 Å². The molecule has 1 amide bonds. The zero-order valence-electron chi connectivity index (χ0n) is 19.7. The van der Waals surface area contributed by atoms with Crippen molar-refractivity contribution in [2.24, 2.45) is 0 Å². The molecule has 3 rings (SSSR count). The van der Waals surface area contributed by atoms with Crippen LogP contribution >= 0.6 is 11.8 Å². The SMILES string of the molecule is C=C(C(=O)N1CCOCC1)c1ccc(Sc2ccccc2OC(=O)CCC)c(C(F)(F)F)c1C(F)(F)F. The molecular weight excluding hydrogens is 524 g/mol. The Morgan fingerprint density at radius 2 is 1.59 bits per heavy atom. The van der Waals surface area contributed by atoms with Crippen molar-refractivity contribution < 1.29 is 45.4 Å². The molecule has 5 nitrogen and oxygen atoms in total. The maximum atomic E-state index is 14.2. The summed E-state index contributed by atoms with van der Waals surface area (Å²) in [5, 5.41) is 0. The van der Waals surface area contributed by atoms with E-state index in [9.17, 15) is 35.9 Å². The number of alkyl halides is 6. The predicted octanol–water partition coefficient (Wildman–Crippen LogP) is 6.45. The second-order valence-electron chi connectivity index (χ2n) is 8.01. The van der Waals surface area contributed by atoms with Gasteiger partial charge in [0.1, 0.15) is 5.75 Å². The van der Waals surface area contributed by atoms with E-state index in [0.717, 1.165) is 12.1 Å². The molecule has 12 heteroatoms. The van der Waals surface area contributed by atoms with Gasteiger partial charge in [-0.25, -0.2) is 0 Å². The van der Waals surface area contributed by atoms with Gasteiger partial charge >= 0.3 is 18.3 Å². The van der Waals surface area contributed by atoms with Gasteiger partial charge in [0.15, 0.2) is 0 Å². The Labute approximate surface area is 213 Å². The summed E-state index contributed by atoms with van der Waals surface area (Å²) in [4.78, 5) is 25.1. The van der Waals surface area contributed by atoms with Crippen LogP contribution in [-0.2, 0) is 26.7 Å². The minimum absolute atomic E-state index is 0.0153. The Balaban J connectivity index is 2.11. The van der Waals surface area contributed by atoms with Crippen molar-refractivity contribution in [1.29, 1.82) is 0 Å². The highest BCUT2D eigenvalue weighted by molar-refractivity contribution is 7.99. The summed E-state index contributed by atoms with van der Waals surface area (Å²) in [6.45, 7) is 5.59. The van der Waals surface area contributed by atoms with Crippen LogP contribution in [-0.4, -0.2) is 43.1 Å². The van der Waals surface area contributed by atoms with Crippen LogP contribution in [0.15, 0.2) is 52.8 Å². The highest BCUT2D eigenvalue weighted by atomic mass is 32.2. The molecule has 0 radical (unpaired) electrons. The Morgan fingerprint density at radius 3 is 2.19 bits per heavy atom. The quantitative estimate of drug-likeness (QED) is 0.173. The molecule has 2 aromatic carbocycles. The van der Waals surface area contributed by atoms with E-state index in [1.807, 2.05) is 0 Å². The molecule has 0 aliphatic carbocycles. The molecule has 0 aromatic heterocycles. The first-order chi connectivity index (χ1) is 17.3. The maximum Gasteiger partial charge on any atom is 0.418 e. The molecule has 1 heterocycles. The second-order valence-corrected chi connectivity index (χ2v) is 9.10. The van der Waals surface area contributed by atoms with Crippen molar-refractivity contribution >= 4 is 29.2 Å². The summed E-state index contributed by atoms with van der Waals surface area (Å²) in [7, 11) is 0. The number of amides is 1. The summed E-state index contributed by atoms with van der Waals surface area (Å²) in [6, 6.07) is 7.28. The minimum Gasteiger partial charge on any atom is -0.425 e. The van der Waals surface area contributed by atoms with Crippen molar-refractivity contribution in [1.82, 2.24) is 4.90 Å². The molecule has 37 heavy (non-hydrogen) atoms. The normalized spacial score (nSPS) is 14.4. The number of nitrogens with zero attached hydrogens (tertiary/aromatic N) is 1. The Hall–Kier alpha value is -2.99. The number of para-hydroxylation sites is 1. The number of morpholine rings is 1. The van der Waals surface area contributed by atoms with Crippen molar-refractivity contribution in [3.63, 3.8) is 0 Å². The molecule has 0 atom stereocenters. The van der Waals surface area contributed by atoms with E-state index >= 15 is 0 Å². The Kier molecular flexibility index (Phi) is 8.96. The largest absolute Gasteiger partial charge is 0.425 e. The number of rotatable bonds is 7. The van der Waals surface area contributed by atoms with Gasteiger partial charge in [0.2, 0.25) is 0 Å². The molecule has 2 aromatic rings. The summed E-state index contributed by atoms with van der Waals surface area (Å²) in [5.74, 6) is -1.62. The first kappa shape index (κ1) is 28.6. The number of hydrogen-bond acceptors (Lipinski definition) is 5. The summed E-state index contributed by atoms with van der Waals surface area (Å²) >= 11 is 0.376. The van der Waals surface area contributed by atoms with Crippen LogP contribution in [0, 0.1) is 0 Å². The fourth-order valence-corrected chi connectivity index (χ4v) is 4.73. The van der Waals surface area contributed by atoms with Crippen LogP contribution < -0.4 is 4.74 Å². The lowest BCUT2D eigenvalue weighted by Gasteiger charge is -2.29. The first-order valence-corrected chi connectivity index (χ1v) is 12.0. The number of carbonyl (C=O) groups is 2. The second kappa shape index (κ2) is 11.6. The van der Waals surface area contributed by atoms with Gasteiger partial charge in [-0.3, -0.25) is 9.59 Å². The predicted molar refractivity (Wildman–Crippen MR) is 124 cm³/mol. The molecule has 0 unspecified atom stereocenters. The molecule has 0 N–H and O–H groups in total. The Bertz CT molecular complexity index is 1170. The van der Waals surface area contributed by atoms with Gasteiger partial charge in [-0.1, -0.05) is 43.5 Å². The van der Waals surface area contributed by atoms with Crippen molar-refractivity contribution in [3.8, 4) is 5.75 Å².